The Hall–Kier alpha value is -2.88. The van der Waals surface area contributed by atoms with E-state index in [9.17, 15) is 12.8 Å². The molecule has 10 heteroatoms. The number of hydrogen-bond acceptors (Lipinski definition) is 4. The minimum absolute atomic E-state index is 0.0279. The number of thiocarbonyl (C=S) groups is 1. The third kappa shape index (κ3) is 5.38. The fourth-order valence-electron chi connectivity index (χ4n) is 2.52. The average Bonchev–Trinajstić information content (AvgIpc) is 2.71. The first kappa shape index (κ1) is 21.8. The smallest absolute Gasteiger partial charge is 0.262 e. The maximum absolute atomic E-state index is 13.2. The van der Waals surface area contributed by atoms with E-state index < -0.39 is 15.8 Å². The second-order valence-electron chi connectivity index (χ2n) is 6.04. The minimum atomic E-state index is -3.80. The molecule has 0 heterocycles. The Morgan fingerprint density at radius 2 is 1.63 bits per heavy atom. The quantitative estimate of drug-likeness (QED) is 0.440. The summed E-state index contributed by atoms with van der Waals surface area (Å²) in [4.78, 5) is 0.0724. The number of methoxy groups -OCH3 is 1. The molecule has 0 bridgehead atoms. The van der Waals surface area contributed by atoms with Crippen LogP contribution in [0.3, 0.4) is 0 Å². The second kappa shape index (κ2) is 9.29. The van der Waals surface area contributed by atoms with Crippen molar-refractivity contribution in [2.24, 2.45) is 0 Å². The summed E-state index contributed by atoms with van der Waals surface area (Å²) in [7, 11) is -2.34. The highest BCUT2D eigenvalue weighted by Crippen LogP contribution is 2.26. The lowest BCUT2D eigenvalue weighted by Crippen LogP contribution is -2.19. The van der Waals surface area contributed by atoms with Crippen LogP contribution in [-0.4, -0.2) is 20.6 Å². The summed E-state index contributed by atoms with van der Waals surface area (Å²) in [6.07, 6.45) is 0. The molecule has 0 unspecified atom stereocenters. The van der Waals surface area contributed by atoms with E-state index in [-0.39, 0.29) is 15.0 Å². The molecule has 0 radical (unpaired) electrons. The van der Waals surface area contributed by atoms with E-state index in [0.717, 1.165) is 0 Å². The number of rotatable bonds is 6. The summed E-state index contributed by atoms with van der Waals surface area (Å²) in [5.74, 6) is -0.115. The predicted octanol–water partition coefficient (Wildman–Crippen LogP) is 5.10. The van der Waals surface area contributed by atoms with Gasteiger partial charge in [0.2, 0.25) is 0 Å². The van der Waals surface area contributed by atoms with Crippen LogP contribution in [0.25, 0.3) is 0 Å². The number of ether oxygens (including phenoxy) is 1. The third-order valence-corrected chi connectivity index (χ3v) is 5.83. The minimum Gasteiger partial charge on any atom is -0.495 e. The Morgan fingerprint density at radius 3 is 2.30 bits per heavy atom. The van der Waals surface area contributed by atoms with E-state index in [2.05, 4.69) is 15.4 Å². The molecule has 0 amide bonds. The van der Waals surface area contributed by atoms with Crippen molar-refractivity contribution >= 4 is 56.0 Å². The molecule has 0 aliphatic carbocycles. The molecule has 3 N–H and O–H groups in total. The fourth-order valence-corrected chi connectivity index (χ4v) is 4.00. The van der Waals surface area contributed by atoms with Gasteiger partial charge in [-0.15, -0.1) is 0 Å². The van der Waals surface area contributed by atoms with E-state index in [1.54, 1.807) is 36.4 Å². The molecule has 30 heavy (non-hydrogen) atoms. The van der Waals surface area contributed by atoms with Crippen LogP contribution in [0.4, 0.5) is 21.5 Å². The summed E-state index contributed by atoms with van der Waals surface area (Å²) in [5, 5.41) is 6.00. The summed E-state index contributed by atoms with van der Waals surface area (Å²) in [5.41, 5.74) is 1.42. The van der Waals surface area contributed by atoms with E-state index in [1.165, 1.54) is 37.4 Å². The Balaban J connectivity index is 1.67. The molecular formula is C20H17ClFN3O3S2. The SMILES string of the molecule is COc1ccccc1NS(=O)(=O)c1ccc(NC(=S)Nc2ccc(F)c(Cl)c2)cc1. The zero-order chi connectivity index (χ0) is 21.7. The topological polar surface area (TPSA) is 79.5 Å². The first-order valence-corrected chi connectivity index (χ1v) is 10.8. The van der Waals surface area contributed by atoms with Gasteiger partial charge < -0.3 is 15.4 Å². The van der Waals surface area contributed by atoms with Gasteiger partial charge in [0.25, 0.3) is 10.0 Å². The van der Waals surface area contributed by atoms with Crippen molar-refractivity contribution in [1.82, 2.24) is 0 Å². The highest BCUT2D eigenvalue weighted by Gasteiger charge is 2.16. The highest BCUT2D eigenvalue weighted by molar-refractivity contribution is 7.92. The molecule has 0 aliphatic heterocycles. The molecule has 3 aromatic rings. The van der Waals surface area contributed by atoms with Crippen LogP contribution < -0.4 is 20.1 Å². The van der Waals surface area contributed by atoms with Crippen molar-refractivity contribution in [3.05, 3.63) is 77.6 Å². The third-order valence-electron chi connectivity index (χ3n) is 3.95. The lowest BCUT2D eigenvalue weighted by atomic mass is 10.3. The zero-order valence-corrected chi connectivity index (χ0v) is 18.0. The molecule has 6 nitrogen and oxygen atoms in total. The van der Waals surface area contributed by atoms with Crippen LogP contribution in [0.1, 0.15) is 0 Å². The van der Waals surface area contributed by atoms with Crippen LogP contribution in [-0.2, 0) is 10.0 Å². The van der Waals surface area contributed by atoms with Gasteiger partial charge in [0.05, 0.1) is 22.7 Å². The Bertz CT molecular complexity index is 1170. The number of nitrogens with one attached hydrogen (secondary N) is 3. The van der Waals surface area contributed by atoms with Gasteiger partial charge in [0.15, 0.2) is 5.11 Å². The van der Waals surface area contributed by atoms with Crippen molar-refractivity contribution in [2.45, 2.75) is 4.90 Å². The van der Waals surface area contributed by atoms with Crippen LogP contribution >= 0.6 is 23.8 Å². The van der Waals surface area contributed by atoms with Crippen LogP contribution in [0.5, 0.6) is 5.75 Å². The number of hydrogen-bond donors (Lipinski definition) is 3. The van der Waals surface area contributed by atoms with Crippen molar-refractivity contribution < 1.29 is 17.5 Å². The van der Waals surface area contributed by atoms with Crippen molar-refractivity contribution in [3.8, 4) is 5.75 Å². The molecule has 0 spiro atoms. The Kier molecular flexibility index (Phi) is 6.76. The van der Waals surface area contributed by atoms with Crippen molar-refractivity contribution in [2.75, 3.05) is 22.5 Å². The van der Waals surface area contributed by atoms with Gasteiger partial charge in [-0.3, -0.25) is 4.72 Å². The molecule has 0 fully saturated rings. The summed E-state index contributed by atoms with van der Waals surface area (Å²) in [6, 6.07) is 16.9. The molecular weight excluding hydrogens is 449 g/mol. The molecule has 0 saturated carbocycles. The number of halogens is 2. The standard InChI is InChI=1S/C20H17ClFN3O3S2/c1-28-19-5-3-2-4-18(19)25-30(26,27)15-9-6-13(7-10-15)23-20(29)24-14-8-11-17(22)16(21)12-14/h2-12,25H,1H3,(H2,23,24,29). The molecule has 3 aromatic carbocycles. The highest BCUT2D eigenvalue weighted by atomic mass is 35.5. The molecule has 3 rings (SSSR count). The molecule has 0 atom stereocenters. The second-order valence-corrected chi connectivity index (χ2v) is 8.54. The number of sulfonamides is 1. The zero-order valence-electron chi connectivity index (χ0n) is 15.6. The summed E-state index contributed by atoms with van der Waals surface area (Å²) < 4.78 is 46.2. The lowest BCUT2D eigenvalue weighted by molar-refractivity contribution is 0.417. The van der Waals surface area contributed by atoms with Gasteiger partial charge >= 0.3 is 0 Å². The monoisotopic (exact) mass is 465 g/mol. The Labute approximate surface area is 184 Å². The number of benzene rings is 3. The Morgan fingerprint density at radius 1 is 1.00 bits per heavy atom. The van der Waals surface area contributed by atoms with Crippen molar-refractivity contribution in [1.29, 1.82) is 0 Å². The van der Waals surface area contributed by atoms with Gasteiger partial charge in [-0.25, -0.2) is 12.8 Å². The van der Waals surface area contributed by atoms with Gasteiger partial charge in [-0.1, -0.05) is 23.7 Å². The van der Waals surface area contributed by atoms with Gasteiger partial charge in [-0.2, -0.15) is 0 Å². The van der Waals surface area contributed by atoms with Crippen molar-refractivity contribution in [3.63, 3.8) is 0 Å². The summed E-state index contributed by atoms with van der Waals surface area (Å²) >= 11 is 11.0. The first-order chi connectivity index (χ1) is 14.3. The first-order valence-electron chi connectivity index (χ1n) is 8.57. The average molecular weight is 466 g/mol. The van der Waals surface area contributed by atoms with Crippen LogP contribution in [0.2, 0.25) is 5.02 Å². The molecule has 156 valence electrons. The number of anilines is 3. The van der Waals surface area contributed by atoms with E-state index in [1.807, 2.05) is 0 Å². The van der Waals surface area contributed by atoms with Gasteiger partial charge in [0.1, 0.15) is 11.6 Å². The van der Waals surface area contributed by atoms with E-state index in [0.29, 0.717) is 22.8 Å². The predicted molar refractivity (Wildman–Crippen MR) is 121 cm³/mol. The van der Waals surface area contributed by atoms with Crippen LogP contribution in [0, 0.1) is 5.82 Å². The normalized spacial score (nSPS) is 10.9. The largest absolute Gasteiger partial charge is 0.495 e. The maximum atomic E-state index is 13.2. The summed E-state index contributed by atoms with van der Waals surface area (Å²) in [6.45, 7) is 0. The van der Waals surface area contributed by atoms with E-state index >= 15 is 0 Å². The van der Waals surface area contributed by atoms with E-state index in [4.69, 9.17) is 28.6 Å². The molecule has 0 aromatic heterocycles. The number of para-hydroxylation sites is 2. The van der Waals surface area contributed by atoms with Crippen LogP contribution in [0.15, 0.2) is 71.6 Å². The van der Waals surface area contributed by atoms with Gasteiger partial charge in [-0.05, 0) is 66.8 Å². The molecule has 0 aliphatic rings. The lowest BCUT2D eigenvalue weighted by Gasteiger charge is -2.13. The fraction of sp³-hybridized carbons (Fsp3) is 0.0500. The van der Waals surface area contributed by atoms with Gasteiger partial charge in [0, 0.05) is 11.4 Å². The maximum Gasteiger partial charge on any atom is 0.262 e. The molecule has 0 saturated heterocycles.